The van der Waals surface area contributed by atoms with Crippen LogP contribution >= 0.6 is 0 Å². The molecular formula is C16H23N3O5. The molecule has 1 fully saturated rings. The molecule has 0 spiro atoms. The first-order chi connectivity index (χ1) is 11.5. The maximum atomic E-state index is 12.0. The van der Waals surface area contributed by atoms with Crippen molar-refractivity contribution in [2.45, 2.75) is 58.4 Å². The minimum Gasteiger partial charge on any atom is -0.452 e. The monoisotopic (exact) mass is 337 g/mol. The Morgan fingerprint density at radius 2 is 1.96 bits per heavy atom. The minimum atomic E-state index is -0.687. The summed E-state index contributed by atoms with van der Waals surface area (Å²) in [5.41, 5.74) is 0.713. The summed E-state index contributed by atoms with van der Waals surface area (Å²) in [6.45, 7) is 2.89. The smallest absolute Gasteiger partial charge is 0.344 e. The average Bonchev–Trinajstić information content (AvgIpc) is 2.94. The number of nitrogens with zero attached hydrogens (tertiary/aromatic N) is 1. The number of ether oxygens (including phenoxy) is 1. The van der Waals surface area contributed by atoms with E-state index in [0.29, 0.717) is 17.9 Å². The number of urea groups is 1. The van der Waals surface area contributed by atoms with Crippen molar-refractivity contribution in [2.24, 2.45) is 0 Å². The molecule has 1 aliphatic rings. The van der Waals surface area contributed by atoms with Gasteiger partial charge in [0.2, 0.25) is 0 Å². The minimum absolute atomic E-state index is 0.0980. The number of amides is 3. The van der Waals surface area contributed by atoms with E-state index < -0.39 is 24.5 Å². The van der Waals surface area contributed by atoms with Gasteiger partial charge in [-0.25, -0.2) is 9.59 Å². The van der Waals surface area contributed by atoms with Gasteiger partial charge >= 0.3 is 12.0 Å². The lowest BCUT2D eigenvalue weighted by molar-refractivity contribution is -0.123. The van der Waals surface area contributed by atoms with Crippen LogP contribution < -0.4 is 10.6 Å². The second-order valence-corrected chi connectivity index (χ2v) is 5.85. The van der Waals surface area contributed by atoms with Crippen molar-refractivity contribution < 1.29 is 23.6 Å². The van der Waals surface area contributed by atoms with E-state index in [4.69, 9.17) is 9.26 Å². The highest BCUT2D eigenvalue weighted by Crippen LogP contribution is 2.17. The standard InChI is InChI=1S/C16H23N3O5/c1-3-12-14(10(2)24-19-12)15(21)23-9-13(20)18-16(22)17-11-7-5-4-6-8-11/h11H,3-9H2,1-2H3,(H2,17,18,20,22). The predicted molar refractivity (Wildman–Crippen MR) is 84.4 cm³/mol. The zero-order valence-electron chi connectivity index (χ0n) is 14.0. The van der Waals surface area contributed by atoms with E-state index in [2.05, 4.69) is 15.8 Å². The molecule has 24 heavy (non-hydrogen) atoms. The summed E-state index contributed by atoms with van der Waals surface area (Å²) in [7, 11) is 0. The van der Waals surface area contributed by atoms with Crippen molar-refractivity contribution in [1.29, 1.82) is 0 Å². The van der Waals surface area contributed by atoms with Gasteiger partial charge in [0.15, 0.2) is 6.61 Å². The molecule has 0 radical (unpaired) electrons. The van der Waals surface area contributed by atoms with E-state index in [1.165, 1.54) is 6.42 Å². The number of aryl methyl sites for hydroxylation is 2. The molecule has 8 heteroatoms. The van der Waals surface area contributed by atoms with Crippen LogP contribution in [0.15, 0.2) is 4.52 Å². The van der Waals surface area contributed by atoms with Crippen LogP contribution in [0.5, 0.6) is 0 Å². The second-order valence-electron chi connectivity index (χ2n) is 5.85. The number of carbonyl (C=O) groups excluding carboxylic acids is 3. The second kappa shape index (κ2) is 8.47. The van der Waals surface area contributed by atoms with Crippen molar-refractivity contribution >= 4 is 17.9 Å². The number of hydrogen-bond donors (Lipinski definition) is 2. The van der Waals surface area contributed by atoms with E-state index >= 15 is 0 Å². The lowest BCUT2D eigenvalue weighted by atomic mass is 9.96. The molecule has 0 bridgehead atoms. The quantitative estimate of drug-likeness (QED) is 0.794. The maximum absolute atomic E-state index is 12.0. The highest BCUT2D eigenvalue weighted by molar-refractivity contribution is 5.97. The van der Waals surface area contributed by atoms with E-state index in [1.54, 1.807) is 6.92 Å². The van der Waals surface area contributed by atoms with Crippen molar-refractivity contribution in [3.05, 3.63) is 17.0 Å². The van der Waals surface area contributed by atoms with Gasteiger partial charge in [0.25, 0.3) is 5.91 Å². The summed E-state index contributed by atoms with van der Waals surface area (Å²) < 4.78 is 9.88. The zero-order chi connectivity index (χ0) is 17.5. The third-order valence-corrected chi connectivity index (χ3v) is 4.00. The number of aromatic nitrogens is 1. The van der Waals surface area contributed by atoms with E-state index in [-0.39, 0.29) is 11.6 Å². The number of nitrogens with one attached hydrogen (secondary N) is 2. The number of hydrogen-bond acceptors (Lipinski definition) is 6. The molecule has 0 saturated heterocycles. The third kappa shape index (κ3) is 4.81. The summed E-state index contributed by atoms with van der Waals surface area (Å²) in [6.07, 6.45) is 5.68. The first kappa shape index (κ1) is 18.0. The molecule has 1 saturated carbocycles. The van der Waals surface area contributed by atoms with Crippen LogP contribution in [0.4, 0.5) is 4.79 Å². The molecule has 1 aromatic rings. The Morgan fingerprint density at radius 1 is 1.25 bits per heavy atom. The first-order valence-corrected chi connectivity index (χ1v) is 8.23. The predicted octanol–water partition coefficient (Wildman–Crippen LogP) is 1.86. The SMILES string of the molecule is CCc1noc(C)c1C(=O)OCC(=O)NC(=O)NC1CCCCC1. The Kier molecular flexibility index (Phi) is 6.34. The van der Waals surface area contributed by atoms with Crippen molar-refractivity contribution in [3.63, 3.8) is 0 Å². The number of imide groups is 1. The molecule has 1 heterocycles. The molecule has 0 aromatic carbocycles. The van der Waals surface area contributed by atoms with Crippen LogP contribution in [-0.2, 0) is 16.0 Å². The van der Waals surface area contributed by atoms with Crippen LogP contribution in [-0.4, -0.2) is 35.7 Å². The largest absolute Gasteiger partial charge is 0.452 e. The molecule has 0 aliphatic heterocycles. The van der Waals surface area contributed by atoms with Crippen molar-refractivity contribution in [2.75, 3.05) is 6.61 Å². The highest BCUT2D eigenvalue weighted by atomic mass is 16.5. The van der Waals surface area contributed by atoms with Gasteiger partial charge in [-0.2, -0.15) is 0 Å². The molecule has 0 atom stereocenters. The van der Waals surface area contributed by atoms with Crippen molar-refractivity contribution in [1.82, 2.24) is 15.8 Å². The molecule has 132 valence electrons. The van der Waals surface area contributed by atoms with Gasteiger partial charge in [-0.1, -0.05) is 31.3 Å². The molecular weight excluding hydrogens is 314 g/mol. The van der Waals surface area contributed by atoms with Gasteiger partial charge < -0.3 is 14.6 Å². The normalized spacial score (nSPS) is 14.9. The first-order valence-electron chi connectivity index (χ1n) is 8.23. The summed E-state index contributed by atoms with van der Waals surface area (Å²) in [5.74, 6) is -1.02. The Bertz CT molecular complexity index is 605. The van der Waals surface area contributed by atoms with Gasteiger partial charge in [-0.15, -0.1) is 0 Å². The van der Waals surface area contributed by atoms with Gasteiger partial charge in [0, 0.05) is 6.04 Å². The van der Waals surface area contributed by atoms with E-state index in [0.717, 1.165) is 25.7 Å². The van der Waals surface area contributed by atoms with E-state index in [1.807, 2.05) is 6.92 Å². The molecule has 3 amide bonds. The topological polar surface area (TPSA) is 111 Å². The molecule has 8 nitrogen and oxygen atoms in total. The molecule has 1 aromatic heterocycles. The molecule has 2 N–H and O–H groups in total. The Morgan fingerprint density at radius 3 is 2.62 bits per heavy atom. The molecule has 0 unspecified atom stereocenters. The maximum Gasteiger partial charge on any atom is 0.344 e. The fourth-order valence-corrected chi connectivity index (χ4v) is 2.76. The fourth-order valence-electron chi connectivity index (χ4n) is 2.76. The van der Waals surface area contributed by atoms with Gasteiger partial charge in [-0.3, -0.25) is 10.1 Å². The average molecular weight is 337 g/mol. The van der Waals surface area contributed by atoms with Crippen LogP contribution in [0, 0.1) is 6.92 Å². The lowest BCUT2D eigenvalue weighted by Gasteiger charge is -2.22. The summed E-state index contributed by atoms with van der Waals surface area (Å²) in [6, 6.07) is -0.459. The van der Waals surface area contributed by atoms with Crippen LogP contribution in [0.1, 0.15) is 60.8 Å². The molecule has 2 rings (SSSR count). The lowest BCUT2D eigenvalue weighted by Crippen LogP contribution is -2.46. The number of rotatable bonds is 5. The highest BCUT2D eigenvalue weighted by Gasteiger charge is 2.22. The van der Waals surface area contributed by atoms with Gasteiger partial charge in [0.1, 0.15) is 11.3 Å². The number of esters is 1. The fraction of sp³-hybridized carbons (Fsp3) is 0.625. The van der Waals surface area contributed by atoms with Crippen molar-refractivity contribution in [3.8, 4) is 0 Å². The summed E-state index contributed by atoms with van der Waals surface area (Å²) in [4.78, 5) is 35.5. The summed E-state index contributed by atoms with van der Waals surface area (Å²) in [5, 5.41) is 8.68. The molecule has 1 aliphatic carbocycles. The van der Waals surface area contributed by atoms with Gasteiger partial charge in [0.05, 0.1) is 5.69 Å². The Balaban J connectivity index is 1.77. The van der Waals surface area contributed by atoms with Crippen LogP contribution in [0.25, 0.3) is 0 Å². The summed E-state index contributed by atoms with van der Waals surface area (Å²) >= 11 is 0. The van der Waals surface area contributed by atoms with Crippen LogP contribution in [0.3, 0.4) is 0 Å². The third-order valence-electron chi connectivity index (χ3n) is 4.00. The Labute approximate surface area is 140 Å². The van der Waals surface area contributed by atoms with Crippen LogP contribution in [0.2, 0.25) is 0 Å². The Hall–Kier alpha value is -2.38. The van der Waals surface area contributed by atoms with E-state index in [9.17, 15) is 14.4 Å². The zero-order valence-corrected chi connectivity index (χ0v) is 14.0. The number of carbonyl (C=O) groups is 3. The van der Waals surface area contributed by atoms with Gasteiger partial charge in [-0.05, 0) is 26.2 Å².